The van der Waals surface area contributed by atoms with E-state index in [1.807, 2.05) is 30.3 Å². The highest BCUT2D eigenvalue weighted by Gasteiger charge is 2.16. The summed E-state index contributed by atoms with van der Waals surface area (Å²) in [6, 6.07) is 11.7. The molecule has 3 rings (SSSR count). The van der Waals surface area contributed by atoms with E-state index < -0.39 is 12.1 Å². The van der Waals surface area contributed by atoms with Gasteiger partial charge >= 0.3 is 6.03 Å². The third-order valence-electron chi connectivity index (χ3n) is 4.47. The molecular weight excluding hydrogens is 342 g/mol. The van der Waals surface area contributed by atoms with Gasteiger partial charge in [-0.3, -0.25) is 4.79 Å². The first kappa shape index (κ1) is 18.7. The van der Waals surface area contributed by atoms with Crippen molar-refractivity contribution in [1.82, 2.24) is 10.3 Å². The van der Waals surface area contributed by atoms with Crippen LogP contribution in [0.5, 0.6) is 0 Å². The second-order valence-electron chi connectivity index (χ2n) is 6.63. The number of para-hydroxylation sites is 1. The van der Waals surface area contributed by atoms with Crippen molar-refractivity contribution in [2.75, 3.05) is 28.6 Å². The molecule has 1 fully saturated rings. The predicted molar refractivity (Wildman–Crippen MR) is 107 cm³/mol. The van der Waals surface area contributed by atoms with Crippen LogP contribution in [0.3, 0.4) is 0 Å². The van der Waals surface area contributed by atoms with Crippen molar-refractivity contribution in [3.05, 3.63) is 48.7 Å². The molecule has 1 aromatic carbocycles. The highest BCUT2D eigenvalue weighted by molar-refractivity contribution is 5.98. The average molecular weight is 367 g/mol. The standard InChI is InChI=1S/C20H25N5O2/c1-15(22-20(27)24-16-8-4-2-5-9-16)19(26)23-17-10-11-18(21-14-17)25-12-6-3-7-13-25/h2,4-5,8-11,14-15H,3,6-7,12-13H2,1H3,(H,23,26)(H2,22,24,27). The molecule has 0 bridgehead atoms. The van der Waals surface area contributed by atoms with E-state index in [2.05, 4.69) is 25.8 Å². The van der Waals surface area contributed by atoms with Gasteiger partial charge < -0.3 is 20.9 Å². The van der Waals surface area contributed by atoms with Crippen LogP contribution in [0.4, 0.5) is 22.0 Å². The lowest BCUT2D eigenvalue weighted by molar-refractivity contribution is -0.117. The minimum absolute atomic E-state index is 0.300. The third kappa shape index (κ3) is 5.44. The van der Waals surface area contributed by atoms with Crippen molar-refractivity contribution < 1.29 is 9.59 Å². The van der Waals surface area contributed by atoms with Crippen LogP contribution < -0.4 is 20.9 Å². The van der Waals surface area contributed by atoms with Crippen molar-refractivity contribution in [2.45, 2.75) is 32.2 Å². The van der Waals surface area contributed by atoms with E-state index in [9.17, 15) is 9.59 Å². The van der Waals surface area contributed by atoms with E-state index in [1.165, 1.54) is 19.3 Å². The number of aromatic nitrogens is 1. The van der Waals surface area contributed by atoms with Crippen LogP contribution in [0.1, 0.15) is 26.2 Å². The molecule has 27 heavy (non-hydrogen) atoms. The second-order valence-corrected chi connectivity index (χ2v) is 6.63. The van der Waals surface area contributed by atoms with E-state index in [4.69, 9.17) is 0 Å². The fourth-order valence-electron chi connectivity index (χ4n) is 2.97. The van der Waals surface area contributed by atoms with E-state index in [0.29, 0.717) is 11.4 Å². The zero-order valence-electron chi connectivity index (χ0n) is 15.4. The SMILES string of the molecule is CC(NC(=O)Nc1ccccc1)C(=O)Nc1ccc(N2CCCCC2)nc1. The summed E-state index contributed by atoms with van der Waals surface area (Å²) in [4.78, 5) is 31.0. The smallest absolute Gasteiger partial charge is 0.319 e. The lowest BCUT2D eigenvalue weighted by Crippen LogP contribution is -2.43. The maximum absolute atomic E-state index is 12.3. The third-order valence-corrected chi connectivity index (χ3v) is 4.47. The Kier molecular flexibility index (Phi) is 6.25. The number of nitrogens with zero attached hydrogens (tertiary/aromatic N) is 2. The summed E-state index contributed by atoms with van der Waals surface area (Å²) in [7, 11) is 0. The van der Waals surface area contributed by atoms with E-state index in [0.717, 1.165) is 18.9 Å². The number of hydrogen-bond donors (Lipinski definition) is 3. The molecular formula is C20H25N5O2. The summed E-state index contributed by atoms with van der Waals surface area (Å²) in [5.74, 6) is 0.631. The number of urea groups is 1. The Labute approximate surface area is 159 Å². The topological polar surface area (TPSA) is 86.4 Å². The summed E-state index contributed by atoms with van der Waals surface area (Å²) in [5.41, 5.74) is 1.28. The normalized spacial score (nSPS) is 14.9. The van der Waals surface area contributed by atoms with Crippen molar-refractivity contribution in [1.29, 1.82) is 0 Å². The van der Waals surface area contributed by atoms with Gasteiger partial charge in [-0.2, -0.15) is 0 Å². The summed E-state index contributed by atoms with van der Waals surface area (Å²) < 4.78 is 0. The van der Waals surface area contributed by atoms with Gasteiger partial charge in [-0.25, -0.2) is 9.78 Å². The number of carbonyl (C=O) groups is 2. The minimum Gasteiger partial charge on any atom is -0.357 e. The summed E-state index contributed by atoms with van der Waals surface area (Å²) >= 11 is 0. The molecule has 142 valence electrons. The average Bonchev–Trinajstić information content (AvgIpc) is 2.70. The van der Waals surface area contributed by atoms with Gasteiger partial charge in [0, 0.05) is 18.8 Å². The molecule has 1 atom stereocenters. The quantitative estimate of drug-likeness (QED) is 0.757. The van der Waals surface area contributed by atoms with Gasteiger partial charge in [-0.1, -0.05) is 18.2 Å². The lowest BCUT2D eigenvalue weighted by Gasteiger charge is -2.27. The Morgan fingerprint density at radius 1 is 0.963 bits per heavy atom. The summed E-state index contributed by atoms with van der Waals surface area (Å²) in [6.07, 6.45) is 5.30. The molecule has 0 spiro atoms. The van der Waals surface area contributed by atoms with Crippen LogP contribution >= 0.6 is 0 Å². The van der Waals surface area contributed by atoms with E-state index >= 15 is 0 Å². The van der Waals surface area contributed by atoms with Crippen molar-refractivity contribution >= 4 is 29.1 Å². The monoisotopic (exact) mass is 367 g/mol. The number of nitrogens with one attached hydrogen (secondary N) is 3. The first-order valence-electron chi connectivity index (χ1n) is 9.26. The molecule has 3 amide bonds. The van der Waals surface area contributed by atoms with Gasteiger partial charge in [-0.15, -0.1) is 0 Å². The Hall–Kier alpha value is -3.09. The van der Waals surface area contributed by atoms with Crippen molar-refractivity contribution in [3.8, 4) is 0 Å². The van der Waals surface area contributed by atoms with Gasteiger partial charge in [0.05, 0.1) is 11.9 Å². The van der Waals surface area contributed by atoms with Crippen LogP contribution in [0.15, 0.2) is 48.7 Å². The fourth-order valence-corrected chi connectivity index (χ4v) is 2.97. The van der Waals surface area contributed by atoms with Crippen LogP contribution in [0, 0.1) is 0 Å². The van der Waals surface area contributed by atoms with Gasteiger partial charge in [0.25, 0.3) is 0 Å². The highest BCUT2D eigenvalue weighted by Crippen LogP contribution is 2.19. The molecule has 3 N–H and O–H groups in total. The number of carbonyl (C=O) groups excluding carboxylic acids is 2. The molecule has 7 nitrogen and oxygen atoms in total. The van der Waals surface area contributed by atoms with Crippen LogP contribution in [0.2, 0.25) is 0 Å². The van der Waals surface area contributed by atoms with Gasteiger partial charge in [0.2, 0.25) is 5.91 Å². The number of benzene rings is 1. The van der Waals surface area contributed by atoms with Crippen LogP contribution in [0.25, 0.3) is 0 Å². The molecule has 2 heterocycles. The molecule has 0 saturated carbocycles. The Balaban J connectivity index is 1.49. The zero-order chi connectivity index (χ0) is 19.1. The number of amides is 3. The zero-order valence-corrected chi connectivity index (χ0v) is 15.4. The van der Waals surface area contributed by atoms with Gasteiger partial charge in [0.1, 0.15) is 11.9 Å². The molecule has 1 unspecified atom stereocenters. The summed E-state index contributed by atoms with van der Waals surface area (Å²) in [5, 5.41) is 8.09. The first-order valence-corrected chi connectivity index (χ1v) is 9.26. The molecule has 1 aliphatic rings. The highest BCUT2D eigenvalue weighted by atomic mass is 16.2. The number of hydrogen-bond acceptors (Lipinski definition) is 4. The molecule has 2 aromatic rings. The summed E-state index contributed by atoms with van der Waals surface area (Å²) in [6.45, 7) is 3.68. The number of pyridine rings is 1. The first-order chi connectivity index (χ1) is 13.1. The predicted octanol–water partition coefficient (Wildman–Crippen LogP) is 3.22. The Bertz CT molecular complexity index is 758. The Morgan fingerprint density at radius 3 is 2.37 bits per heavy atom. The molecule has 1 aliphatic heterocycles. The number of rotatable bonds is 5. The molecule has 7 heteroatoms. The largest absolute Gasteiger partial charge is 0.357 e. The fraction of sp³-hybridized carbons (Fsp3) is 0.350. The van der Waals surface area contributed by atoms with Crippen molar-refractivity contribution in [3.63, 3.8) is 0 Å². The van der Waals surface area contributed by atoms with Crippen molar-refractivity contribution in [2.24, 2.45) is 0 Å². The second kappa shape index (κ2) is 9.02. The Morgan fingerprint density at radius 2 is 1.70 bits per heavy atom. The van der Waals surface area contributed by atoms with Crippen LogP contribution in [-0.4, -0.2) is 36.1 Å². The lowest BCUT2D eigenvalue weighted by atomic mass is 10.1. The minimum atomic E-state index is -0.685. The molecule has 1 aromatic heterocycles. The van der Waals surface area contributed by atoms with Gasteiger partial charge in [0.15, 0.2) is 0 Å². The van der Waals surface area contributed by atoms with E-state index in [1.54, 1.807) is 25.3 Å². The molecule has 1 saturated heterocycles. The molecule has 0 radical (unpaired) electrons. The van der Waals surface area contributed by atoms with E-state index in [-0.39, 0.29) is 5.91 Å². The van der Waals surface area contributed by atoms with Gasteiger partial charge in [-0.05, 0) is 50.5 Å². The molecule has 0 aliphatic carbocycles. The van der Waals surface area contributed by atoms with Crippen LogP contribution in [-0.2, 0) is 4.79 Å². The maximum Gasteiger partial charge on any atom is 0.319 e. The number of anilines is 3. The number of piperidine rings is 1. The maximum atomic E-state index is 12.3.